The van der Waals surface area contributed by atoms with Gasteiger partial charge in [-0.3, -0.25) is 4.79 Å². The molecule has 4 nitrogen and oxygen atoms in total. The van der Waals surface area contributed by atoms with Crippen molar-refractivity contribution in [1.82, 2.24) is 0 Å². The number of hydrogen-bond donors (Lipinski definition) is 1. The number of para-hydroxylation sites is 1. The Morgan fingerprint density at radius 1 is 1.05 bits per heavy atom. The van der Waals surface area contributed by atoms with Gasteiger partial charge >= 0.3 is 5.97 Å². The fourth-order valence-corrected chi connectivity index (χ4v) is 2.25. The van der Waals surface area contributed by atoms with E-state index >= 15 is 0 Å². The summed E-state index contributed by atoms with van der Waals surface area (Å²) in [7, 11) is 1.55. The van der Waals surface area contributed by atoms with Gasteiger partial charge in [0.15, 0.2) is 0 Å². The molecule has 21 heavy (non-hydrogen) atoms. The van der Waals surface area contributed by atoms with Crippen molar-refractivity contribution < 1.29 is 14.7 Å². The van der Waals surface area contributed by atoms with Crippen LogP contribution in [0.4, 0.5) is 5.69 Å². The highest BCUT2D eigenvalue weighted by molar-refractivity contribution is 6.32. The second-order valence-electron chi connectivity index (χ2n) is 4.60. The van der Waals surface area contributed by atoms with E-state index in [1.165, 1.54) is 11.0 Å². The molecule has 1 amide bonds. The Labute approximate surface area is 127 Å². The average molecular weight is 304 g/mol. The second kappa shape index (κ2) is 5.97. The molecule has 0 aliphatic rings. The number of nitrogens with zero attached hydrogens (tertiary/aromatic N) is 1. The molecule has 0 radical (unpaired) electrons. The van der Waals surface area contributed by atoms with Crippen LogP contribution in [0.5, 0.6) is 0 Å². The van der Waals surface area contributed by atoms with Crippen molar-refractivity contribution >= 4 is 29.2 Å². The van der Waals surface area contributed by atoms with E-state index in [1.54, 1.807) is 50.4 Å². The summed E-state index contributed by atoms with van der Waals surface area (Å²) in [4.78, 5) is 25.1. The maximum absolute atomic E-state index is 12.6. The summed E-state index contributed by atoms with van der Waals surface area (Å²) >= 11 is 6.03. The van der Waals surface area contributed by atoms with Crippen molar-refractivity contribution in [2.24, 2.45) is 0 Å². The fourth-order valence-electron chi connectivity index (χ4n) is 2.08. The molecule has 2 aromatic rings. The van der Waals surface area contributed by atoms with E-state index in [0.717, 1.165) is 0 Å². The van der Waals surface area contributed by atoms with Gasteiger partial charge in [-0.15, -0.1) is 0 Å². The number of rotatable bonds is 3. The van der Waals surface area contributed by atoms with Crippen molar-refractivity contribution in [1.29, 1.82) is 0 Å². The van der Waals surface area contributed by atoms with E-state index in [-0.39, 0.29) is 11.5 Å². The van der Waals surface area contributed by atoms with Crippen LogP contribution in [0.2, 0.25) is 5.02 Å². The molecule has 0 unspecified atom stereocenters. The van der Waals surface area contributed by atoms with Gasteiger partial charge < -0.3 is 10.0 Å². The molecule has 1 N–H and O–H groups in total. The number of benzene rings is 2. The molecule has 2 aromatic carbocycles. The van der Waals surface area contributed by atoms with Crippen LogP contribution in [0, 0.1) is 6.92 Å². The highest BCUT2D eigenvalue weighted by Gasteiger charge is 2.20. The van der Waals surface area contributed by atoms with E-state index in [1.807, 2.05) is 0 Å². The molecule has 0 aliphatic carbocycles. The Kier molecular flexibility index (Phi) is 4.29. The summed E-state index contributed by atoms with van der Waals surface area (Å²) < 4.78 is 0. The third-order valence-electron chi connectivity index (χ3n) is 3.30. The molecular weight excluding hydrogens is 290 g/mol. The maximum atomic E-state index is 12.6. The normalized spacial score (nSPS) is 10.2. The quantitative estimate of drug-likeness (QED) is 0.942. The summed E-state index contributed by atoms with van der Waals surface area (Å²) in [5.41, 5.74) is 1.54. The number of anilines is 1. The Morgan fingerprint density at radius 3 is 2.33 bits per heavy atom. The molecule has 0 spiro atoms. The van der Waals surface area contributed by atoms with Gasteiger partial charge in [0.25, 0.3) is 5.91 Å². The van der Waals surface area contributed by atoms with Crippen LogP contribution in [0.1, 0.15) is 26.3 Å². The van der Waals surface area contributed by atoms with Gasteiger partial charge in [0.05, 0.1) is 11.3 Å². The molecule has 0 saturated carbocycles. The number of halogens is 1. The van der Waals surface area contributed by atoms with Crippen molar-refractivity contribution in [3.8, 4) is 0 Å². The smallest absolute Gasteiger partial charge is 0.337 e. The number of aromatic carboxylic acids is 1. The Hall–Kier alpha value is -2.33. The lowest BCUT2D eigenvalue weighted by atomic mass is 10.1. The number of amides is 1. The van der Waals surface area contributed by atoms with Gasteiger partial charge in [0.1, 0.15) is 0 Å². The van der Waals surface area contributed by atoms with Crippen LogP contribution in [0.3, 0.4) is 0 Å². The zero-order valence-electron chi connectivity index (χ0n) is 11.6. The molecule has 0 fully saturated rings. The van der Waals surface area contributed by atoms with Crippen LogP contribution in [-0.2, 0) is 0 Å². The van der Waals surface area contributed by atoms with Crippen LogP contribution < -0.4 is 4.90 Å². The monoisotopic (exact) mass is 303 g/mol. The van der Waals surface area contributed by atoms with Crippen molar-refractivity contribution in [3.63, 3.8) is 0 Å². The van der Waals surface area contributed by atoms with Gasteiger partial charge in [-0.2, -0.15) is 0 Å². The molecule has 108 valence electrons. The summed E-state index contributed by atoms with van der Waals surface area (Å²) in [6.45, 7) is 1.76. The minimum absolute atomic E-state index is 0.0769. The molecule has 0 bridgehead atoms. The molecule has 0 aromatic heterocycles. The largest absolute Gasteiger partial charge is 0.478 e. The third-order valence-corrected chi connectivity index (χ3v) is 3.71. The maximum Gasteiger partial charge on any atom is 0.337 e. The fraction of sp³-hybridized carbons (Fsp3) is 0.125. The summed E-state index contributed by atoms with van der Waals surface area (Å²) in [5.74, 6) is -1.38. The summed E-state index contributed by atoms with van der Waals surface area (Å²) in [6, 6.07) is 11.4. The zero-order chi connectivity index (χ0) is 15.6. The van der Waals surface area contributed by atoms with Crippen molar-refractivity contribution in [2.75, 3.05) is 11.9 Å². The molecule has 0 saturated heterocycles. The van der Waals surface area contributed by atoms with E-state index in [0.29, 0.717) is 21.8 Å². The number of carboxylic acids is 1. The standard InChI is InChI=1S/C16H14ClNO3/c1-10-11(7-5-8-13(10)17)15(19)18(2)14-9-4-3-6-12(14)16(20)21/h3-9H,1-2H3,(H,20,21). The SMILES string of the molecule is Cc1c(Cl)cccc1C(=O)N(C)c1ccccc1C(=O)O. The summed E-state index contributed by atoms with van der Waals surface area (Å²) in [6.07, 6.45) is 0. The average Bonchev–Trinajstić information content (AvgIpc) is 2.48. The minimum Gasteiger partial charge on any atom is -0.478 e. The van der Waals surface area contributed by atoms with Crippen LogP contribution >= 0.6 is 11.6 Å². The summed E-state index contributed by atoms with van der Waals surface area (Å²) in [5, 5.41) is 9.71. The predicted octanol–water partition coefficient (Wildman–Crippen LogP) is 3.62. The van der Waals surface area contributed by atoms with Crippen LogP contribution in [0.15, 0.2) is 42.5 Å². The lowest BCUT2D eigenvalue weighted by Gasteiger charge is -2.20. The van der Waals surface area contributed by atoms with E-state index < -0.39 is 5.97 Å². The molecular formula is C16H14ClNO3. The predicted molar refractivity (Wildman–Crippen MR) is 82.3 cm³/mol. The van der Waals surface area contributed by atoms with Crippen molar-refractivity contribution in [3.05, 3.63) is 64.2 Å². The van der Waals surface area contributed by atoms with Gasteiger partial charge in [-0.1, -0.05) is 29.8 Å². The molecule has 0 heterocycles. The first-order chi connectivity index (χ1) is 9.93. The number of carboxylic acid groups (broad SMARTS) is 1. The van der Waals surface area contributed by atoms with E-state index in [4.69, 9.17) is 11.6 Å². The first kappa shape index (κ1) is 15.1. The third kappa shape index (κ3) is 2.90. The molecule has 5 heteroatoms. The van der Waals surface area contributed by atoms with Gasteiger partial charge in [0, 0.05) is 17.6 Å². The van der Waals surface area contributed by atoms with Gasteiger partial charge in [-0.05, 0) is 36.8 Å². The minimum atomic E-state index is -1.08. The van der Waals surface area contributed by atoms with E-state index in [2.05, 4.69) is 0 Å². The van der Waals surface area contributed by atoms with E-state index in [9.17, 15) is 14.7 Å². The lowest BCUT2D eigenvalue weighted by Crippen LogP contribution is -2.28. The Morgan fingerprint density at radius 2 is 1.67 bits per heavy atom. The topological polar surface area (TPSA) is 57.6 Å². The molecule has 2 rings (SSSR count). The first-order valence-corrected chi connectivity index (χ1v) is 6.66. The molecule has 0 aliphatic heterocycles. The number of carbonyl (C=O) groups excluding carboxylic acids is 1. The zero-order valence-corrected chi connectivity index (χ0v) is 12.4. The highest BCUT2D eigenvalue weighted by atomic mass is 35.5. The van der Waals surface area contributed by atoms with Gasteiger partial charge in [0.2, 0.25) is 0 Å². The van der Waals surface area contributed by atoms with Crippen LogP contribution in [-0.4, -0.2) is 24.0 Å². The first-order valence-electron chi connectivity index (χ1n) is 6.29. The van der Waals surface area contributed by atoms with Crippen LogP contribution in [0.25, 0.3) is 0 Å². The number of carbonyl (C=O) groups is 2. The second-order valence-corrected chi connectivity index (χ2v) is 5.01. The number of hydrogen-bond acceptors (Lipinski definition) is 2. The lowest BCUT2D eigenvalue weighted by molar-refractivity contribution is 0.0697. The molecule has 0 atom stereocenters. The Bertz CT molecular complexity index is 712. The van der Waals surface area contributed by atoms with Crippen molar-refractivity contribution in [2.45, 2.75) is 6.92 Å². The highest BCUT2D eigenvalue weighted by Crippen LogP contribution is 2.24. The Balaban J connectivity index is 2.45. The van der Waals surface area contributed by atoms with Gasteiger partial charge in [-0.25, -0.2) is 4.79 Å².